The second-order valence-electron chi connectivity index (χ2n) is 6.78. The minimum absolute atomic E-state index is 0.335. The highest BCUT2D eigenvalue weighted by Crippen LogP contribution is 2.28. The number of guanidine groups is 1. The fourth-order valence-electron chi connectivity index (χ4n) is 3.11. The summed E-state index contributed by atoms with van der Waals surface area (Å²) in [7, 11) is -1.51. The van der Waals surface area contributed by atoms with Gasteiger partial charge in [0, 0.05) is 39.6 Å². The predicted octanol–water partition coefficient (Wildman–Crippen LogP) is 1.56. The van der Waals surface area contributed by atoms with Crippen LogP contribution in [0.5, 0.6) is 0 Å². The molecular weight excluding hydrogens is 338 g/mol. The van der Waals surface area contributed by atoms with Gasteiger partial charge in [0.25, 0.3) is 0 Å². The maximum Gasteiger partial charge on any atom is 0.191 e. The Morgan fingerprint density at radius 3 is 2.48 bits per heavy atom. The molecule has 6 nitrogen and oxygen atoms in total. The van der Waals surface area contributed by atoms with E-state index in [1.54, 1.807) is 7.05 Å². The normalized spacial score (nSPS) is 18.0. The van der Waals surface area contributed by atoms with E-state index >= 15 is 0 Å². The fraction of sp³-hybridized carbons (Fsp3) is 0.611. The van der Waals surface area contributed by atoms with Crippen molar-refractivity contribution in [3.63, 3.8) is 0 Å². The van der Waals surface area contributed by atoms with Crippen LogP contribution in [0.2, 0.25) is 0 Å². The van der Waals surface area contributed by atoms with Gasteiger partial charge in [-0.3, -0.25) is 4.99 Å². The minimum atomic E-state index is -3.20. The number of sulfone groups is 1. The van der Waals surface area contributed by atoms with Crippen molar-refractivity contribution in [1.82, 2.24) is 10.6 Å². The van der Waals surface area contributed by atoms with Gasteiger partial charge in [0.15, 0.2) is 15.8 Å². The number of nitrogens with one attached hydrogen (secondary N) is 2. The number of aryl methyl sites for hydroxylation is 2. The Balaban J connectivity index is 1.99. The summed E-state index contributed by atoms with van der Waals surface area (Å²) < 4.78 is 29.2. The molecule has 7 heteroatoms. The van der Waals surface area contributed by atoms with Crippen LogP contribution in [0.15, 0.2) is 23.2 Å². The largest absolute Gasteiger partial charge is 0.381 e. The molecule has 25 heavy (non-hydrogen) atoms. The first-order valence-corrected chi connectivity index (χ1v) is 10.4. The average Bonchev–Trinajstić information content (AvgIpc) is 2.56. The highest BCUT2D eigenvalue weighted by atomic mass is 32.2. The molecule has 0 spiro atoms. The van der Waals surface area contributed by atoms with Gasteiger partial charge in [0.1, 0.15) is 0 Å². The number of nitrogens with zero attached hydrogens (tertiary/aromatic N) is 1. The van der Waals surface area contributed by atoms with Gasteiger partial charge in [0.2, 0.25) is 0 Å². The summed E-state index contributed by atoms with van der Waals surface area (Å²) in [5.41, 5.74) is 3.65. The van der Waals surface area contributed by atoms with Crippen molar-refractivity contribution in [3.05, 3.63) is 34.9 Å². The van der Waals surface area contributed by atoms with Crippen LogP contribution in [0, 0.1) is 13.8 Å². The number of hydrogen-bond acceptors (Lipinski definition) is 4. The van der Waals surface area contributed by atoms with Gasteiger partial charge >= 0.3 is 0 Å². The molecule has 0 unspecified atom stereocenters. The lowest BCUT2D eigenvalue weighted by Gasteiger charge is -2.35. The summed E-state index contributed by atoms with van der Waals surface area (Å²) in [5, 5.41) is 6.46. The number of ether oxygens (including phenoxy) is 1. The molecule has 0 bridgehead atoms. The standard InChI is InChI=1S/C18H29N3O3S/c1-14-5-6-16(15(2)11-14)12-20-17(19-3)21-13-18(25(4,22)23)7-9-24-10-8-18/h5-6,11H,7-10,12-13H2,1-4H3,(H2,19,20,21). The number of rotatable bonds is 5. The molecule has 0 saturated carbocycles. The zero-order chi connectivity index (χ0) is 18.5. The van der Waals surface area contributed by atoms with Gasteiger partial charge in [-0.2, -0.15) is 0 Å². The molecule has 2 N–H and O–H groups in total. The van der Waals surface area contributed by atoms with Gasteiger partial charge < -0.3 is 15.4 Å². The zero-order valence-electron chi connectivity index (χ0n) is 15.6. The molecule has 1 fully saturated rings. The molecule has 0 aromatic heterocycles. The molecule has 0 atom stereocenters. The lowest BCUT2D eigenvalue weighted by atomic mass is 9.99. The molecule has 140 valence electrons. The third-order valence-electron chi connectivity index (χ3n) is 4.94. The summed E-state index contributed by atoms with van der Waals surface area (Å²) >= 11 is 0. The van der Waals surface area contributed by atoms with E-state index in [4.69, 9.17) is 4.74 Å². The summed E-state index contributed by atoms with van der Waals surface area (Å²) in [5.74, 6) is 0.606. The van der Waals surface area contributed by atoms with E-state index in [1.807, 2.05) is 0 Å². The van der Waals surface area contributed by atoms with Crippen molar-refractivity contribution in [2.75, 3.05) is 33.1 Å². The molecule has 1 aromatic carbocycles. The van der Waals surface area contributed by atoms with E-state index in [-0.39, 0.29) is 0 Å². The third-order valence-corrected chi connectivity index (χ3v) is 7.06. The van der Waals surface area contributed by atoms with E-state index in [9.17, 15) is 8.42 Å². The van der Waals surface area contributed by atoms with E-state index in [1.165, 1.54) is 22.9 Å². The van der Waals surface area contributed by atoms with Crippen LogP contribution in [0.25, 0.3) is 0 Å². The van der Waals surface area contributed by atoms with E-state index in [0.717, 1.165) is 0 Å². The fourth-order valence-corrected chi connectivity index (χ4v) is 4.35. The second kappa shape index (κ2) is 8.19. The average molecular weight is 368 g/mol. The monoisotopic (exact) mass is 367 g/mol. The van der Waals surface area contributed by atoms with E-state index < -0.39 is 14.6 Å². The van der Waals surface area contributed by atoms with Gasteiger partial charge in [-0.1, -0.05) is 23.8 Å². The van der Waals surface area contributed by atoms with Crippen molar-refractivity contribution in [3.8, 4) is 0 Å². The Hall–Kier alpha value is -1.60. The Morgan fingerprint density at radius 1 is 1.24 bits per heavy atom. The number of aliphatic imine (C=N–C) groups is 1. The highest BCUT2D eigenvalue weighted by Gasteiger charge is 2.42. The second-order valence-corrected chi connectivity index (χ2v) is 9.19. The summed E-state index contributed by atoms with van der Waals surface area (Å²) in [6, 6.07) is 6.33. The Morgan fingerprint density at radius 2 is 1.92 bits per heavy atom. The molecule has 1 saturated heterocycles. The van der Waals surface area contributed by atoms with Gasteiger partial charge in [0.05, 0.1) is 4.75 Å². The third kappa shape index (κ3) is 4.95. The van der Waals surface area contributed by atoms with Gasteiger partial charge in [-0.05, 0) is 37.8 Å². The molecular formula is C18H29N3O3S. The Labute approximate surface area is 151 Å². The topological polar surface area (TPSA) is 79.8 Å². The van der Waals surface area contributed by atoms with E-state index in [0.29, 0.717) is 45.1 Å². The highest BCUT2D eigenvalue weighted by molar-refractivity contribution is 7.92. The van der Waals surface area contributed by atoms with Crippen LogP contribution < -0.4 is 10.6 Å². The molecule has 2 rings (SSSR count). The molecule has 1 aliphatic rings. The minimum Gasteiger partial charge on any atom is -0.381 e. The van der Waals surface area contributed by atoms with Crippen LogP contribution in [0.1, 0.15) is 29.5 Å². The first kappa shape index (κ1) is 19.7. The molecule has 1 heterocycles. The maximum atomic E-state index is 12.3. The molecule has 1 aromatic rings. The summed E-state index contributed by atoms with van der Waals surface area (Å²) in [6.45, 7) is 6.08. The van der Waals surface area contributed by atoms with Crippen LogP contribution in [-0.4, -0.2) is 52.2 Å². The molecule has 0 amide bonds. The number of hydrogen-bond donors (Lipinski definition) is 2. The van der Waals surface area contributed by atoms with Crippen molar-refractivity contribution in [2.24, 2.45) is 4.99 Å². The summed E-state index contributed by atoms with van der Waals surface area (Å²) in [6.07, 6.45) is 2.33. The van der Waals surface area contributed by atoms with Crippen molar-refractivity contribution >= 4 is 15.8 Å². The van der Waals surface area contributed by atoms with Crippen LogP contribution in [0.4, 0.5) is 0 Å². The lowest BCUT2D eigenvalue weighted by molar-refractivity contribution is 0.0756. The lowest BCUT2D eigenvalue weighted by Crippen LogP contribution is -2.53. The Bertz CT molecular complexity index is 723. The van der Waals surface area contributed by atoms with Crippen LogP contribution >= 0.6 is 0 Å². The van der Waals surface area contributed by atoms with Crippen molar-refractivity contribution in [1.29, 1.82) is 0 Å². The predicted molar refractivity (Wildman–Crippen MR) is 102 cm³/mol. The van der Waals surface area contributed by atoms with Gasteiger partial charge in [-0.25, -0.2) is 8.42 Å². The van der Waals surface area contributed by atoms with Crippen LogP contribution in [0.3, 0.4) is 0 Å². The van der Waals surface area contributed by atoms with Crippen molar-refractivity contribution in [2.45, 2.75) is 38.0 Å². The van der Waals surface area contributed by atoms with E-state index in [2.05, 4.69) is 47.7 Å². The molecule has 1 aliphatic heterocycles. The Kier molecular flexibility index (Phi) is 6.46. The first-order valence-electron chi connectivity index (χ1n) is 8.55. The smallest absolute Gasteiger partial charge is 0.191 e. The van der Waals surface area contributed by atoms with Crippen molar-refractivity contribution < 1.29 is 13.2 Å². The first-order chi connectivity index (χ1) is 11.8. The summed E-state index contributed by atoms with van der Waals surface area (Å²) in [4.78, 5) is 4.22. The van der Waals surface area contributed by atoms with Crippen LogP contribution in [-0.2, 0) is 21.1 Å². The zero-order valence-corrected chi connectivity index (χ0v) is 16.4. The number of benzene rings is 1. The SMILES string of the molecule is CN=C(NCc1ccc(C)cc1C)NCC1(S(C)(=O)=O)CCOCC1. The van der Waals surface area contributed by atoms with Gasteiger partial charge in [-0.15, -0.1) is 0 Å². The quantitative estimate of drug-likeness (QED) is 0.610. The molecule has 0 radical (unpaired) electrons. The maximum absolute atomic E-state index is 12.3. The molecule has 0 aliphatic carbocycles.